The number of carbonyl (C=O) groups excluding carboxylic acids is 1. The second-order valence-corrected chi connectivity index (χ2v) is 3.91. The fourth-order valence-electron chi connectivity index (χ4n) is 1.50. The normalized spacial score (nSPS) is 48.8. The maximum Gasteiger partial charge on any atom is 0.279 e. The Labute approximate surface area is 91.6 Å². The van der Waals surface area contributed by atoms with Crippen molar-refractivity contribution in [3.05, 3.63) is 0 Å². The molecule has 0 aromatic heterocycles. The van der Waals surface area contributed by atoms with E-state index in [2.05, 4.69) is 0 Å². The molecule has 94 valence electrons. The molecule has 1 saturated heterocycles. The summed E-state index contributed by atoms with van der Waals surface area (Å²) in [6.07, 6.45) is -5.03. The zero-order valence-electron chi connectivity index (χ0n) is 8.91. The summed E-state index contributed by atoms with van der Waals surface area (Å²) in [4.78, 5) is 10.8. The van der Waals surface area contributed by atoms with Gasteiger partial charge in [-0.05, 0) is 6.92 Å². The van der Waals surface area contributed by atoms with E-state index < -0.39 is 35.9 Å². The summed E-state index contributed by atoms with van der Waals surface area (Å²) in [5, 5.41) is 40.3. The molecule has 8 heteroatoms. The van der Waals surface area contributed by atoms with Crippen LogP contribution in [0.25, 0.3) is 0 Å². The number of hydrogen-bond donors (Lipinski definition) is 6. The molecule has 1 aliphatic heterocycles. The van der Waals surface area contributed by atoms with Crippen molar-refractivity contribution in [3.63, 3.8) is 0 Å². The first-order valence-electron chi connectivity index (χ1n) is 4.67. The number of rotatable bonds is 1. The molecular weight excluding hydrogens is 220 g/mol. The van der Waals surface area contributed by atoms with Crippen molar-refractivity contribution in [1.29, 1.82) is 0 Å². The Bertz CT molecular complexity index is 296. The maximum atomic E-state index is 10.8. The summed E-state index contributed by atoms with van der Waals surface area (Å²) in [6.45, 7) is 2.37. The van der Waals surface area contributed by atoms with Crippen LogP contribution in [0.1, 0.15) is 13.8 Å². The number of nitrogens with one attached hydrogen (secondary N) is 1. The summed E-state index contributed by atoms with van der Waals surface area (Å²) in [5.74, 6) is -3.15. The van der Waals surface area contributed by atoms with Crippen LogP contribution in [0.5, 0.6) is 0 Å². The Morgan fingerprint density at radius 1 is 1.38 bits per heavy atom. The quantitative estimate of drug-likeness (QED) is 0.260. The zero-order valence-corrected chi connectivity index (χ0v) is 8.91. The van der Waals surface area contributed by atoms with Gasteiger partial charge in [0.2, 0.25) is 5.91 Å². The lowest BCUT2D eigenvalue weighted by atomic mass is 9.91. The molecular formula is C8H16N2O6. The predicted octanol–water partition coefficient (Wildman–Crippen LogP) is -3.44. The van der Waals surface area contributed by atoms with E-state index in [-0.39, 0.29) is 0 Å². The van der Waals surface area contributed by atoms with Crippen molar-refractivity contribution in [2.45, 2.75) is 43.8 Å². The van der Waals surface area contributed by atoms with Crippen LogP contribution < -0.4 is 11.1 Å². The molecule has 0 radical (unpaired) electrons. The second-order valence-electron chi connectivity index (χ2n) is 3.91. The van der Waals surface area contributed by atoms with Crippen molar-refractivity contribution in [2.75, 3.05) is 0 Å². The maximum absolute atomic E-state index is 10.8. The molecule has 0 aliphatic carbocycles. The van der Waals surface area contributed by atoms with E-state index in [9.17, 15) is 25.2 Å². The lowest BCUT2D eigenvalue weighted by molar-refractivity contribution is -0.374. The lowest BCUT2D eigenvalue weighted by Gasteiger charge is -2.48. The fraction of sp³-hybridized carbons (Fsp3) is 0.875. The second kappa shape index (κ2) is 3.91. The standard InChI is InChI=1S/C8H16N2O6/c1-3-7(9,14)5(12)6(13)8(15,16-3)10-4(2)11/h3,5-6,12-15H,9H2,1-2H3,(H,10,11)/t3-,5-,6-,7+,8?/m1/s1. The van der Waals surface area contributed by atoms with Gasteiger partial charge in [-0.25, -0.2) is 0 Å². The Kier molecular flexibility index (Phi) is 3.25. The smallest absolute Gasteiger partial charge is 0.279 e. The summed E-state index contributed by atoms with van der Waals surface area (Å²) in [6, 6.07) is 0. The number of aliphatic hydroxyl groups excluding tert-OH is 2. The number of hydrogen-bond acceptors (Lipinski definition) is 7. The molecule has 1 amide bonds. The summed E-state index contributed by atoms with van der Waals surface area (Å²) < 4.78 is 4.82. The van der Waals surface area contributed by atoms with Crippen molar-refractivity contribution in [2.24, 2.45) is 5.73 Å². The highest BCUT2D eigenvalue weighted by Gasteiger charge is 2.58. The minimum atomic E-state index is -2.48. The van der Waals surface area contributed by atoms with E-state index in [0.29, 0.717) is 0 Å². The van der Waals surface area contributed by atoms with Gasteiger partial charge < -0.3 is 30.5 Å². The minimum absolute atomic E-state index is 0.677. The van der Waals surface area contributed by atoms with Crippen LogP contribution in [-0.4, -0.2) is 56.3 Å². The Morgan fingerprint density at radius 2 is 1.88 bits per heavy atom. The van der Waals surface area contributed by atoms with E-state index in [1.165, 1.54) is 6.92 Å². The Hall–Kier alpha value is -0.770. The van der Waals surface area contributed by atoms with Crippen LogP contribution in [-0.2, 0) is 9.53 Å². The number of aliphatic hydroxyl groups is 4. The zero-order chi connectivity index (χ0) is 12.7. The number of ether oxygens (including phenoxy) is 1. The van der Waals surface area contributed by atoms with Crippen LogP contribution in [0.4, 0.5) is 0 Å². The number of amides is 1. The first-order valence-corrected chi connectivity index (χ1v) is 4.67. The third-order valence-corrected chi connectivity index (χ3v) is 2.54. The van der Waals surface area contributed by atoms with Crippen molar-refractivity contribution < 1.29 is 30.0 Å². The molecule has 16 heavy (non-hydrogen) atoms. The third kappa shape index (κ3) is 2.03. The predicted molar refractivity (Wildman–Crippen MR) is 50.5 cm³/mol. The average molecular weight is 236 g/mol. The third-order valence-electron chi connectivity index (χ3n) is 2.54. The molecule has 7 N–H and O–H groups in total. The van der Waals surface area contributed by atoms with Gasteiger partial charge in [0.15, 0.2) is 11.8 Å². The summed E-state index contributed by atoms with van der Waals surface area (Å²) >= 11 is 0. The average Bonchev–Trinajstić information content (AvgIpc) is 2.11. The Morgan fingerprint density at radius 3 is 2.31 bits per heavy atom. The SMILES string of the molecule is CC(=O)NC1(O)O[C@H](C)[C@](N)(O)[C@H](O)[C@H]1O. The van der Waals surface area contributed by atoms with Crippen LogP contribution in [0.2, 0.25) is 0 Å². The molecule has 0 bridgehead atoms. The summed E-state index contributed by atoms with van der Waals surface area (Å²) in [5.41, 5.74) is 3.09. The van der Waals surface area contributed by atoms with E-state index >= 15 is 0 Å². The molecule has 0 aromatic carbocycles. The molecule has 1 rings (SSSR count). The van der Waals surface area contributed by atoms with Crippen LogP contribution in [0.15, 0.2) is 0 Å². The van der Waals surface area contributed by atoms with Crippen molar-refractivity contribution >= 4 is 5.91 Å². The molecule has 0 saturated carbocycles. The first kappa shape index (κ1) is 13.3. The molecule has 1 fully saturated rings. The molecule has 1 heterocycles. The van der Waals surface area contributed by atoms with Gasteiger partial charge in [0, 0.05) is 6.92 Å². The molecule has 0 aromatic rings. The van der Waals surface area contributed by atoms with Crippen molar-refractivity contribution in [3.8, 4) is 0 Å². The van der Waals surface area contributed by atoms with Gasteiger partial charge in [-0.1, -0.05) is 0 Å². The van der Waals surface area contributed by atoms with E-state index in [1.54, 1.807) is 0 Å². The molecule has 1 unspecified atom stereocenters. The van der Waals surface area contributed by atoms with Crippen molar-refractivity contribution in [1.82, 2.24) is 5.32 Å². The van der Waals surface area contributed by atoms with Crippen LogP contribution in [0.3, 0.4) is 0 Å². The van der Waals surface area contributed by atoms with Gasteiger partial charge in [0.05, 0.1) is 0 Å². The fourth-order valence-corrected chi connectivity index (χ4v) is 1.50. The van der Waals surface area contributed by atoms with E-state index in [4.69, 9.17) is 10.5 Å². The number of carbonyl (C=O) groups is 1. The molecule has 5 atom stereocenters. The topological polar surface area (TPSA) is 145 Å². The van der Waals surface area contributed by atoms with Gasteiger partial charge in [-0.15, -0.1) is 0 Å². The molecule has 8 nitrogen and oxygen atoms in total. The van der Waals surface area contributed by atoms with Gasteiger partial charge >= 0.3 is 0 Å². The van der Waals surface area contributed by atoms with Gasteiger partial charge in [0.1, 0.15) is 12.2 Å². The van der Waals surface area contributed by atoms with E-state index in [0.717, 1.165) is 6.92 Å². The van der Waals surface area contributed by atoms with Gasteiger partial charge in [-0.2, -0.15) is 0 Å². The highest BCUT2D eigenvalue weighted by Crippen LogP contribution is 2.30. The monoisotopic (exact) mass is 236 g/mol. The minimum Gasteiger partial charge on any atom is -0.386 e. The van der Waals surface area contributed by atoms with E-state index in [1.807, 2.05) is 5.32 Å². The summed E-state index contributed by atoms with van der Waals surface area (Å²) in [7, 11) is 0. The lowest BCUT2D eigenvalue weighted by Crippen LogP contribution is -2.77. The highest BCUT2D eigenvalue weighted by molar-refractivity contribution is 5.73. The molecule has 1 aliphatic rings. The van der Waals surface area contributed by atoms with Gasteiger partial charge in [0.25, 0.3) is 5.91 Å². The first-order chi connectivity index (χ1) is 7.11. The van der Waals surface area contributed by atoms with Crippen LogP contribution >= 0.6 is 0 Å². The Balaban J connectivity index is 2.97. The number of nitrogens with two attached hydrogens (primary N) is 1. The largest absolute Gasteiger partial charge is 0.386 e. The highest BCUT2D eigenvalue weighted by atomic mass is 16.7. The van der Waals surface area contributed by atoms with Crippen LogP contribution in [0, 0.1) is 0 Å². The molecule has 0 spiro atoms. The van der Waals surface area contributed by atoms with Gasteiger partial charge in [-0.3, -0.25) is 10.5 Å².